The van der Waals surface area contributed by atoms with Gasteiger partial charge in [-0.25, -0.2) is 9.37 Å². The number of nitrogens with two attached hydrogens (primary N) is 1. The van der Waals surface area contributed by atoms with E-state index in [9.17, 15) is 4.39 Å². The van der Waals surface area contributed by atoms with Gasteiger partial charge in [-0.3, -0.25) is 0 Å². The van der Waals surface area contributed by atoms with Gasteiger partial charge in [0.15, 0.2) is 5.58 Å². The lowest BCUT2D eigenvalue weighted by Crippen LogP contribution is -2.06. The first kappa shape index (κ1) is 13.1. The molecule has 0 aliphatic rings. The second kappa shape index (κ2) is 5.26. The first-order chi connectivity index (χ1) is 9.63. The van der Waals surface area contributed by atoms with Crippen molar-refractivity contribution in [3.05, 3.63) is 53.8 Å². The lowest BCUT2D eigenvalue weighted by molar-refractivity contribution is 0.489. The predicted molar refractivity (Wildman–Crippen MR) is 77.1 cm³/mol. The molecule has 5 heteroatoms. The first-order valence-electron chi connectivity index (χ1n) is 6.22. The number of rotatable bonds is 3. The van der Waals surface area contributed by atoms with Crippen LogP contribution in [0.1, 0.15) is 18.5 Å². The fourth-order valence-corrected chi connectivity index (χ4v) is 2.92. The minimum atomic E-state index is -0.292. The quantitative estimate of drug-likeness (QED) is 0.787. The Kier molecular flexibility index (Phi) is 3.46. The second-order valence-electron chi connectivity index (χ2n) is 4.52. The van der Waals surface area contributed by atoms with Crippen LogP contribution in [0.4, 0.5) is 4.39 Å². The summed E-state index contributed by atoms with van der Waals surface area (Å²) in [5.41, 5.74) is 8.17. The largest absolute Gasteiger partial charge is 0.431 e. The van der Waals surface area contributed by atoms with Crippen molar-refractivity contribution in [2.45, 2.75) is 23.1 Å². The maximum absolute atomic E-state index is 13.3. The topological polar surface area (TPSA) is 52.0 Å². The van der Waals surface area contributed by atoms with Crippen LogP contribution in [0.3, 0.4) is 0 Å². The van der Waals surface area contributed by atoms with E-state index in [1.807, 2.05) is 31.2 Å². The lowest BCUT2D eigenvalue weighted by Gasteiger charge is -2.10. The van der Waals surface area contributed by atoms with E-state index in [0.29, 0.717) is 5.22 Å². The average Bonchev–Trinajstić information content (AvgIpc) is 2.82. The molecule has 1 aromatic heterocycles. The fourth-order valence-electron chi connectivity index (χ4n) is 1.96. The van der Waals surface area contributed by atoms with Crippen molar-refractivity contribution in [3.63, 3.8) is 0 Å². The van der Waals surface area contributed by atoms with Crippen molar-refractivity contribution in [2.75, 3.05) is 0 Å². The van der Waals surface area contributed by atoms with Crippen molar-refractivity contribution in [1.82, 2.24) is 4.98 Å². The molecule has 0 spiro atoms. The molecule has 0 bridgehead atoms. The summed E-state index contributed by atoms with van der Waals surface area (Å²) in [5.74, 6) is -0.292. The third-order valence-electron chi connectivity index (χ3n) is 2.93. The van der Waals surface area contributed by atoms with Crippen molar-refractivity contribution < 1.29 is 8.81 Å². The number of oxazole rings is 1. The van der Waals surface area contributed by atoms with Crippen molar-refractivity contribution in [2.24, 2.45) is 5.73 Å². The molecule has 1 unspecified atom stereocenters. The number of benzene rings is 2. The Labute approximate surface area is 120 Å². The van der Waals surface area contributed by atoms with Crippen LogP contribution in [-0.2, 0) is 0 Å². The first-order valence-corrected chi connectivity index (χ1v) is 7.03. The van der Waals surface area contributed by atoms with Gasteiger partial charge in [-0.2, -0.15) is 0 Å². The second-order valence-corrected chi connectivity index (χ2v) is 5.51. The Morgan fingerprint density at radius 3 is 2.80 bits per heavy atom. The molecule has 102 valence electrons. The van der Waals surface area contributed by atoms with E-state index < -0.39 is 0 Å². The van der Waals surface area contributed by atoms with Gasteiger partial charge in [0, 0.05) is 10.9 Å². The van der Waals surface area contributed by atoms with Gasteiger partial charge >= 0.3 is 0 Å². The van der Waals surface area contributed by atoms with E-state index in [2.05, 4.69) is 4.98 Å². The van der Waals surface area contributed by atoms with E-state index in [4.69, 9.17) is 10.2 Å². The van der Waals surface area contributed by atoms with Gasteiger partial charge in [-0.1, -0.05) is 12.1 Å². The van der Waals surface area contributed by atoms with E-state index in [0.717, 1.165) is 21.6 Å². The van der Waals surface area contributed by atoms with Gasteiger partial charge in [-0.05, 0) is 54.6 Å². The van der Waals surface area contributed by atoms with Gasteiger partial charge in [0.05, 0.1) is 0 Å². The highest BCUT2D eigenvalue weighted by Crippen LogP contribution is 2.34. The average molecular weight is 288 g/mol. The number of aromatic nitrogens is 1. The van der Waals surface area contributed by atoms with Crippen LogP contribution in [0.2, 0.25) is 0 Å². The zero-order valence-electron chi connectivity index (χ0n) is 10.8. The summed E-state index contributed by atoms with van der Waals surface area (Å²) in [6.45, 7) is 1.82. The van der Waals surface area contributed by atoms with Crippen LogP contribution in [0.5, 0.6) is 0 Å². The Bertz CT molecular complexity index is 721. The summed E-state index contributed by atoms with van der Waals surface area (Å²) in [5, 5.41) is 0.528. The van der Waals surface area contributed by atoms with Crippen LogP contribution < -0.4 is 5.73 Å². The third kappa shape index (κ3) is 2.55. The molecule has 3 rings (SSSR count). The minimum absolute atomic E-state index is 0.252. The lowest BCUT2D eigenvalue weighted by atomic mass is 10.1. The number of halogens is 1. The minimum Gasteiger partial charge on any atom is -0.431 e. The monoisotopic (exact) mass is 288 g/mol. The Balaban J connectivity index is 1.98. The molecule has 0 saturated heterocycles. The standard InChI is InChI=1S/C15H13FN2OS/c1-9(17)11-8-10(16)6-7-14(11)20-15-18-12-4-2-3-5-13(12)19-15/h2-9H,17H2,1H3. The maximum atomic E-state index is 13.3. The van der Waals surface area contributed by atoms with Gasteiger partial charge in [0.2, 0.25) is 0 Å². The predicted octanol–water partition coefficient (Wildman–Crippen LogP) is 4.14. The van der Waals surface area contributed by atoms with Crippen LogP contribution in [0.15, 0.2) is 57.0 Å². The highest BCUT2D eigenvalue weighted by Gasteiger charge is 2.13. The highest BCUT2D eigenvalue weighted by molar-refractivity contribution is 7.99. The summed E-state index contributed by atoms with van der Waals surface area (Å²) in [4.78, 5) is 5.25. The summed E-state index contributed by atoms with van der Waals surface area (Å²) in [6.07, 6.45) is 0. The summed E-state index contributed by atoms with van der Waals surface area (Å²) in [6, 6.07) is 11.9. The molecular weight excluding hydrogens is 275 g/mol. The summed E-state index contributed by atoms with van der Waals surface area (Å²) >= 11 is 1.35. The summed E-state index contributed by atoms with van der Waals surface area (Å²) < 4.78 is 19.0. The van der Waals surface area contributed by atoms with Gasteiger partial charge < -0.3 is 10.2 Å². The van der Waals surface area contributed by atoms with Gasteiger partial charge in [0.1, 0.15) is 11.3 Å². The molecule has 0 saturated carbocycles. The van der Waals surface area contributed by atoms with Crippen molar-refractivity contribution in [1.29, 1.82) is 0 Å². The zero-order chi connectivity index (χ0) is 14.1. The molecule has 0 radical (unpaired) electrons. The number of fused-ring (bicyclic) bond motifs is 1. The number of hydrogen-bond donors (Lipinski definition) is 1. The molecule has 3 nitrogen and oxygen atoms in total. The SMILES string of the molecule is CC(N)c1cc(F)ccc1Sc1nc2ccccc2o1. The molecule has 0 aliphatic carbocycles. The van der Waals surface area contributed by atoms with E-state index in [-0.39, 0.29) is 11.9 Å². The Morgan fingerprint density at radius 2 is 2.05 bits per heavy atom. The van der Waals surface area contributed by atoms with E-state index in [1.54, 1.807) is 6.07 Å². The molecule has 20 heavy (non-hydrogen) atoms. The molecular formula is C15H13FN2OS. The zero-order valence-corrected chi connectivity index (χ0v) is 11.7. The fraction of sp³-hybridized carbons (Fsp3) is 0.133. The number of para-hydroxylation sites is 2. The molecule has 0 aliphatic heterocycles. The van der Waals surface area contributed by atoms with Crippen LogP contribution in [-0.4, -0.2) is 4.98 Å². The van der Waals surface area contributed by atoms with Gasteiger partial charge in [-0.15, -0.1) is 0 Å². The molecule has 3 aromatic rings. The molecule has 0 fully saturated rings. The normalized spacial score (nSPS) is 12.8. The Morgan fingerprint density at radius 1 is 1.25 bits per heavy atom. The van der Waals surface area contributed by atoms with Crippen molar-refractivity contribution >= 4 is 22.9 Å². The molecule has 2 aromatic carbocycles. The van der Waals surface area contributed by atoms with Crippen LogP contribution >= 0.6 is 11.8 Å². The highest BCUT2D eigenvalue weighted by atomic mass is 32.2. The molecule has 1 atom stereocenters. The summed E-state index contributed by atoms with van der Waals surface area (Å²) in [7, 11) is 0. The number of nitrogens with zero attached hydrogens (tertiary/aromatic N) is 1. The van der Waals surface area contributed by atoms with Gasteiger partial charge in [0.25, 0.3) is 5.22 Å². The van der Waals surface area contributed by atoms with E-state index in [1.165, 1.54) is 23.9 Å². The Hall–Kier alpha value is -1.85. The maximum Gasteiger partial charge on any atom is 0.261 e. The third-order valence-corrected chi connectivity index (χ3v) is 3.87. The van der Waals surface area contributed by atoms with Crippen LogP contribution in [0, 0.1) is 5.82 Å². The van der Waals surface area contributed by atoms with E-state index >= 15 is 0 Å². The number of hydrogen-bond acceptors (Lipinski definition) is 4. The smallest absolute Gasteiger partial charge is 0.261 e. The molecule has 2 N–H and O–H groups in total. The molecule has 1 heterocycles. The van der Waals surface area contributed by atoms with Crippen molar-refractivity contribution in [3.8, 4) is 0 Å². The van der Waals surface area contributed by atoms with Crippen LogP contribution in [0.25, 0.3) is 11.1 Å². The molecule has 0 amide bonds.